The van der Waals surface area contributed by atoms with Gasteiger partial charge < -0.3 is 10.1 Å². The van der Waals surface area contributed by atoms with E-state index in [1.165, 1.54) is 6.07 Å². The van der Waals surface area contributed by atoms with Gasteiger partial charge in [0.1, 0.15) is 5.82 Å². The molecule has 0 radical (unpaired) electrons. The topological polar surface area (TPSA) is 21.3 Å². The minimum absolute atomic E-state index is 0.182. The van der Waals surface area contributed by atoms with Crippen molar-refractivity contribution >= 4 is 5.69 Å². The molecule has 0 atom stereocenters. The summed E-state index contributed by atoms with van der Waals surface area (Å²) in [5.74, 6) is -0.182. The maximum absolute atomic E-state index is 13.4. The van der Waals surface area contributed by atoms with E-state index < -0.39 is 0 Å². The molecule has 0 saturated carbocycles. The zero-order valence-corrected chi connectivity index (χ0v) is 11.2. The number of rotatable bonds is 5. The molecule has 0 aliphatic rings. The van der Waals surface area contributed by atoms with E-state index in [0.717, 1.165) is 16.8 Å². The van der Waals surface area contributed by atoms with Crippen molar-refractivity contribution in [3.63, 3.8) is 0 Å². The summed E-state index contributed by atoms with van der Waals surface area (Å²) in [5.41, 5.74) is 3.74. The summed E-state index contributed by atoms with van der Waals surface area (Å²) in [5, 5.41) is 3.22. The minimum Gasteiger partial charge on any atom is -0.381 e. The number of hydrogen-bond acceptors (Lipinski definition) is 2. The first-order valence-electron chi connectivity index (χ1n) is 6.26. The SMILES string of the molecule is COCc1cccc(CNc2ccc(C)c(F)c2)c1. The molecule has 100 valence electrons. The highest BCUT2D eigenvalue weighted by Gasteiger charge is 2.00. The molecule has 0 fully saturated rings. The second kappa shape index (κ2) is 6.34. The largest absolute Gasteiger partial charge is 0.381 e. The first-order valence-corrected chi connectivity index (χ1v) is 6.26. The first-order chi connectivity index (χ1) is 9.19. The van der Waals surface area contributed by atoms with Crippen LogP contribution in [0.3, 0.4) is 0 Å². The Morgan fingerprint density at radius 1 is 1.11 bits per heavy atom. The van der Waals surface area contributed by atoms with Gasteiger partial charge in [-0.05, 0) is 35.7 Å². The Bertz CT molecular complexity index is 554. The monoisotopic (exact) mass is 259 g/mol. The Kier molecular flexibility index (Phi) is 4.53. The van der Waals surface area contributed by atoms with E-state index in [0.29, 0.717) is 18.7 Å². The minimum atomic E-state index is -0.182. The van der Waals surface area contributed by atoms with Crippen molar-refractivity contribution in [1.29, 1.82) is 0 Å². The average Bonchev–Trinajstić information content (AvgIpc) is 2.41. The van der Waals surface area contributed by atoms with Gasteiger partial charge in [-0.3, -0.25) is 0 Å². The van der Waals surface area contributed by atoms with Crippen LogP contribution in [-0.2, 0) is 17.9 Å². The average molecular weight is 259 g/mol. The van der Waals surface area contributed by atoms with Gasteiger partial charge in [0.2, 0.25) is 0 Å². The molecule has 0 aliphatic heterocycles. The molecule has 0 aliphatic carbocycles. The molecule has 3 heteroatoms. The van der Waals surface area contributed by atoms with Crippen molar-refractivity contribution in [2.24, 2.45) is 0 Å². The predicted octanol–water partition coefficient (Wildman–Crippen LogP) is 3.89. The van der Waals surface area contributed by atoms with Gasteiger partial charge in [0, 0.05) is 19.3 Å². The van der Waals surface area contributed by atoms with Crippen molar-refractivity contribution < 1.29 is 9.13 Å². The molecule has 19 heavy (non-hydrogen) atoms. The fourth-order valence-electron chi connectivity index (χ4n) is 1.90. The van der Waals surface area contributed by atoms with Gasteiger partial charge in [0.05, 0.1) is 6.61 Å². The van der Waals surface area contributed by atoms with Crippen molar-refractivity contribution in [2.45, 2.75) is 20.1 Å². The molecule has 2 nitrogen and oxygen atoms in total. The zero-order chi connectivity index (χ0) is 13.7. The molecule has 0 spiro atoms. The Morgan fingerprint density at radius 3 is 2.63 bits per heavy atom. The number of methoxy groups -OCH3 is 1. The molecule has 0 amide bonds. The zero-order valence-electron chi connectivity index (χ0n) is 11.2. The molecule has 2 aromatic carbocycles. The van der Waals surface area contributed by atoms with E-state index in [1.54, 1.807) is 20.1 Å². The lowest BCUT2D eigenvalue weighted by Gasteiger charge is -2.09. The summed E-state index contributed by atoms with van der Waals surface area (Å²) in [4.78, 5) is 0. The van der Waals surface area contributed by atoms with E-state index in [-0.39, 0.29) is 5.82 Å². The van der Waals surface area contributed by atoms with E-state index in [4.69, 9.17) is 4.74 Å². The number of ether oxygens (including phenoxy) is 1. The Hall–Kier alpha value is -1.87. The van der Waals surface area contributed by atoms with Crippen LogP contribution in [0.1, 0.15) is 16.7 Å². The number of halogens is 1. The summed E-state index contributed by atoms with van der Waals surface area (Å²) in [6.07, 6.45) is 0. The Morgan fingerprint density at radius 2 is 1.89 bits per heavy atom. The molecule has 0 heterocycles. The van der Waals surface area contributed by atoms with Crippen LogP contribution < -0.4 is 5.32 Å². The highest BCUT2D eigenvalue weighted by Crippen LogP contribution is 2.15. The number of hydrogen-bond donors (Lipinski definition) is 1. The third kappa shape index (κ3) is 3.80. The van der Waals surface area contributed by atoms with Crippen LogP contribution in [0.4, 0.5) is 10.1 Å². The van der Waals surface area contributed by atoms with Crippen LogP contribution in [-0.4, -0.2) is 7.11 Å². The van der Waals surface area contributed by atoms with Crippen LogP contribution in [0.2, 0.25) is 0 Å². The quantitative estimate of drug-likeness (QED) is 0.879. The molecule has 0 aromatic heterocycles. The normalized spacial score (nSPS) is 10.5. The second-order valence-electron chi connectivity index (χ2n) is 4.57. The molecule has 2 aromatic rings. The van der Waals surface area contributed by atoms with E-state index in [9.17, 15) is 4.39 Å². The summed E-state index contributed by atoms with van der Waals surface area (Å²) < 4.78 is 18.5. The van der Waals surface area contributed by atoms with Gasteiger partial charge in [-0.25, -0.2) is 4.39 Å². The van der Waals surface area contributed by atoms with Crippen molar-refractivity contribution in [2.75, 3.05) is 12.4 Å². The van der Waals surface area contributed by atoms with Gasteiger partial charge in [0.15, 0.2) is 0 Å². The van der Waals surface area contributed by atoms with Gasteiger partial charge in [-0.2, -0.15) is 0 Å². The Labute approximate surface area is 113 Å². The van der Waals surface area contributed by atoms with E-state index >= 15 is 0 Å². The van der Waals surface area contributed by atoms with Crippen molar-refractivity contribution in [1.82, 2.24) is 0 Å². The van der Waals surface area contributed by atoms with Crippen LogP contribution >= 0.6 is 0 Å². The molecule has 0 unspecified atom stereocenters. The first kappa shape index (κ1) is 13.6. The molecule has 0 saturated heterocycles. The Balaban J connectivity index is 2.01. The molecule has 1 N–H and O–H groups in total. The van der Waals surface area contributed by atoms with Gasteiger partial charge in [0.25, 0.3) is 0 Å². The maximum atomic E-state index is 13.4. The predicted molar refractivity (Wildman–Crippen MR) is 75.6 cm³/mol. The third-order valence-corrected chi connectivity index (χ3v) is 2.97. The fourth-order valence-corrected chi connectivity index (χ4v) is 1.90. The lowest BCUT2D eigenvalue weighted by Crippen LogP contribution is -2.01. The van der Waals surface area contributed by atoms with Crippen molar-refractivity contribution in [3.05, 3.63) is 65.0 Å². The number of aryl methyl sites for hydroxylation is 1. The van der Waals surface area contributed by atoms with E-state index in [2.05, 4.69) is 11.4 Å². The van der Waals surface area contributed by atoms with Crippen LogP contribution in [0.5, 0.6) is 0 Å². The standard InChI is InChI=1S/C16H18FNO/c1-12-6-7-15(9-16(12)17)18-10-13-4-3-5-14(8-13)11-19-2/h3-9,18H,10-11H2,1-2H3. The third-order valence-electron chi connectivity index (χ3n) is 2.97. The van der Waals surface area contributed by atoms with E-state index in [1.807, 2.05) is 24.3 Å². The number of anilines is 1. The fraction of sp³-hybridized carbons (Fsp3) is 0.250. The summed E-state index contributed by atoms with van der Waals surface area (Å²) in [6, 6.07) is 13.3. The van der Waals surface area contributed by atoms with Crippen LogP contribution in [0.25, 0.3) is 0 Å². The molecular weight excluding hydrogens is 241 g/mol. The summed E-state index contributed by atoms with van der Waals surface area (Å²) in [6.45, 7) is 3.03. The van der Waals surface area contributed by atoms with Gasteiger partial charge in [-0.1, -0.05) is 30.3 Å². The second-order valence-corrected chi connectivity index (χ2v) is 4.57. The highest BCUT2D eigenvalue weighted by atomic mass is 19.1. The van der Waals surface area contributed by atoms with Gasteiger partial charge >= 0.3 is 0 Å². The number of benzene rings is 2. The summed E-state index contributed by atoms with van der Waals surface area (Å²) >= 11 is 0. The molecule has 2 rings (SSSR count). The molecular formula is C16H18FNO. The maximum Gasteiger partial charge on any atom is 0.128 e. The highest BCUT2D eigenvalue weighted by molar-refractivity contribution is 5.45. The van der Waals surface area contributed by atoms with Crippen molar-refractivity contribution in [3.8, 4) is 0 Å². The van der Waals surface area contributed by atoms with Crippen LogP contribution in [0, 0.1) is 12.7 Å². The molecule has 0 bridgehead atoms. The van der Waals surface area contributed by atoms with Gasteiger partial charge in [-0.15, -0.1) is 0 Å². The smallest absolute Gasteiger partial charge is 0.128 e. The summed E-state index contributed by atoms with van der Waals surface area (Å²) in [7, 11) is 1.68. The number of nitrogens with one attached hydrogen (secondary N) is 1. The lowest BCUT2D eigenvalue weighted by molar-refractivity contribution is 0.185. The lowest BCUT2D eigenvalue weighted by atomic mass is 10.1. The van der Waals surface area contributed by atoms with Crippen LogP contribution in [0.15, 0.2) is 42.5 Å².